The van der Waals surface area contributed by atoms with E-state index in [9.17, 15) is 10.5 Å². The third kappa shape index (κ3) is 3.76. The zero-order chi connectivity index (χ0) is 17.6. The van der Waals surface area contributed by atoms with Crippen molar-refractivity contribution in [2.45, 2.75) is 13.3 Å². The number of rotatable bonds is 4. The molecule has 0 amide bonds. The number of thioether (sulfide) groups is 1. The summed E-state index contributed by atoms with van der Waals surface area (Å²) in [7, 11) is 0. The summed E-state index contributed by atoms with van der Waals surface area (Å²) >= 11 is 1.59. The summed E-state index contributed by atoms with van der Waals surface area (Å²) in [5.41, 5.74) is 3.05. The number of hydrogen-bond donors (Lipinski definition) is 0. The molecule has 2 aromatic rings. The summed E-state index contributed by atoms with van der Waals surface area (Å²) in [4.78, 5) is 3.27. The highest BCUT2D eigenvalue weighted by Crippen LogP contribution is 2.40. The highest BCUT2D eigenvalue weighted by atomic mass is 32.2. The monoisotopic (exact) mass is 343 g/mol. The van der Waals surface area contributed by atoms with E-state index >= 15 is 0 Å². The zero-order valence-electron chi connectivity index (χ0n) is 13.9. The lowest BCUT2D eigenvalue weighted by molar-refractivity contribution is 0.504. The van der Waals surface area contributed by atoms with Crippen molar-refractivity contribution in [1.29, 1.82) is 10.5 Å². The van der Waals surface area contributed by atoms with Gasteiger partial charge in [-0.2, -0.15) is 10.5 Å². The van der Waals surface area contributed by atoms with E-state index in [0.717, 1.165) is 22.9 Å². The van der Waals surface area contributed by atoms with Crippen LogP contribution in [0.15, 0.2) is 70.7 Å². The molecule has 0 spiro atoms. The van der Waals surface area contributed by atoms with Crippen molar-refractivity contribution in [1.82, 2.24) is 4.90 Å². The first kappa shape index (κ1) is 16.9. The van der Waals surface area contributed by atoms with Gasteiger partial charge in [0, 0.05) is 23.2 Å². The van der Waals surface area contributed by atoms with Crippen molar-refractivity contribution in [3.63, 3.8) is 0 Å². The Morgan fingerprint density at radius 2 is 1.76 bits per heavy atom. The van der Waals surface area contributed by atoms with Crippen LogP contribution < -0.4 is 0 Å². The van der Waals surface area contributed by atoms with Gasteiger partial charge in [-0.25, -0.2) is 0 Å². The van der Waals surface area contributed by atoms with Crippen molar-refractivity contribution >= 4 is 17.3 Å². The Morgan fingerprint density at radius 1 is 1.04 bits per heavy atom. The van der Waals surface area contributed by atoms with Gasteiger partial charge in [0.05, 0.1) is 22.2 Å². The van der Waals surface area contributed by atoms with Crippen LogP contribution in [0.5, 0.6) is 0 Å². The number of allylic oxidation sites excluding steroid dienone is 2. The van der Waals surface area contributed by atoms with E-state index in [0.29, 0.717) is 16.7 Å². The molecule has 0 bridgehead atoms. The molecule has 4 heteroatoms. The van der Waals surface area contributed by atoms with Crippen LogP contribution in [0.2, 0.25) is 0 Å². The first-order valence-electron chi connectivity index (χ1n) is 8.03. The maximum absolute atomic E-state index is 9.77. The fraction of sp³-hybridized carbons (Fsp3) is 0.143. The van der Waals surface area contributed by atoms with Gasteiger partial charge in [-0.15, -0.1) is 0 Å². The summed E-state index contributed by atoms with van der Waals surface area (Å²) in [6.07, 6.45) is 2.97. The SMILES string of the molecule is CC1=CN(CCc2ccccc2)/C(=C(/C#N)c2ccccc2C#N)S1. The molecule has 0 unspecified atom stereocenters. The summed E-state index contributed by atoms with van der Waals surface area (Å²) in [6, 6.07) is 22.1. The zero-order valence-corrected chi connectivity index (χ0v) is 14.8. The van der Waals surface area contributed by atoms with Gasteiger partial charge in [0.25, 0.3) is 0 Å². The Hall–Kier alpha value is -2.95. The lowest BCUT2D eigenvalue weighted by atomic mass is 10.0. The molecule has 1 aliphatic rings. The van der Waals surface area contributed by atoms with E-state index in [1.807, 2.05) is 43.3 Å². The van der Waals surface area contributed by atoms with Gasteiger partial charge in [-0.3, -0.25) is 0 Å². The van der Waals surface area contributed by atoms with Crippen LogP contribution in [0.1, 0.15) is 23.6 Å². The minimum atomic E-state index is 0.528. The van der Waals surface area contributed by atoms with Gasteiger partial charge in [0.1, 0.15) is 6.07 Å². The van der Waals surface area contributed by atoms with Crippen molar-refractivity contribution < 1.29 is 0 Å². The van der Waals surface area contributed by atoms with E-state index in [1.165, 1.54) is 5.56 Å². The Bertz CT molecular complexity index is 914. The van der Waals surface area contributed by atoms with E-state index in [2.05, 4.69) is 35.4 Å². The molecule has 0 N–H and O–H groups in total. The van der Waals surface area contributed by atoms with Crippen LogP contribution in [-0.2, 0) is 6.42 Å². The third-order valence-electron chi connectivity index (χ3n) is 3.98. The average Bonchev–Trinajstić information content (AvgIpc) is 3.02. The Balaban J connectivity index is 1.94. The largest absolute Gasteiger partial charge is 0.340 e. The van der Waals surface area contributed by atoms with Crippen molar-refractivity contribution in [2.75, 3.05) is 6.54 Å². The van der Waals surface area contributed by atoms with Crippen molar-refractivity contribution in [2.24, 2.45) is 0 Å². The van der Waals surface area contributed by atoms with Gasteiger partial charge in [0.15, 0.2) is 0 Å². The molecule has 3 rings (SSSR count). The van der Waals surface area contributed by atoms with Crippen LogP contribution in [0.3, 0.4) is 0 Å². The Labute approximate surface area is 152 Å². The molecule has 0 aliphatic carbocycles. The van der Waals surface area contributed by atoms with Crippen LogP contribution >= 0.6 is 11.8 Å². The van der Waals surface area contributed by atoms with Gasteiger partial charge in [-0.05, 0) is 25.0 Å². The highest BCUT2D eigenvalue weighted by Gasteiger charge is 2.23. The molecule has 0 saturated carbocycles. The normalized spacial score (nSPS) is 15.3. The molecule has 25 heavy (non-hydrogen) atoms. The van der Waals surface area contributed by atoms with Crippen molar-refractivity contribution in [3.05, 3.63) is 87.4 Å². The second-order valence-electron chi connectivity index (χ2n) is 5.72. The standard InChI is InChI=1S/C21H17N3S/c1-16-15-24(12-11-17-7-3-2-4-8-17)21(25-16)20(14-23)19-10-6-5-9-18(19)13-22/h2-10,15H,11-12H2,1H3/b21-20+. The number of nitriles is 2. The maximum Gasteiger partial charge on any atom is 0.103 e. The van der Waals surface area contributed by atoms with Gasteiger partial charge < -0.3 is 4.90 Å². The molecule has 0 radical (unpaired) electrons. The number of nitrogens with zero attached hydrogens (tertiary/aromatic N) is 3. The molecule has 0 aromatic heterocycles. The Kier molecular flexibility index (Phi) is 5.23. The second kappa shape index (κ2) is 7.75. The second-order valence-corrected chi connectivity index (χ2v) is 6.95. The van der Waals surface area contributed by atoms with Crippen LogP contribution in [0.4, 0.5) is 0 Å². The Morgan fingerprint density at radius 3 is 2.48 bits per heavy atom. The minimum absolute atomic E-state index is 0.528. The first-order chi connectivity index (χ1) is 12.2. The van der Waals surface area contributed by atoms with Gasteiger partial charge >= 0.3 is 0 Å². The maximum atomic E-state index is 9.77. The summed E-state index contributed by atoms with van der Waals surface area (Å²) in [6.45, 7) is 2.84. The lowest BCUT2D eigenvalue weighted by Crippen LogP contribution is -2.16. The minimum Gasteiger partial charge on any atom is -0.340 e. The quantitative estimate of drug-likeness (QED) is 0.741. The van der Waals surface area contributed by atoms with Crippen LogP contribution in [-0.4, -0.2) is 11.4 Å². The molecule has 0 atom stereocenters. The first-order valence-corrected chi connectivity index (χ1v) is 8.85. The molecule has 2 aromatic carbocycles. The fourth-order valence-electron chi connectivity index (χ4n) is 2.79. The van der Waals surface area contributed by atoms with E-state index in [4.69, 9.17) is 0 Å². The third-order valence-corrected chi connectivity index (χ3v) is 5.04. The predicted molar refractivity (Wildman–Crippen MR) is 102 cm³/mol. The van der Waals surface area contributed by atoms with Gasteiger partial charge in [-0.1, -0.05) is 60.3 Å². The molecule has 3 nitrogen and oxygen atoms in total. The summed E-state index contributed by atoms with van der Waals surface area (Å²) in [5, 5.41) is 20.0. The van der Waals surface area contributed by atoms with Gasteiger partial charge in [0.2, 0.25) is 0 Å². The smallest absolute Gasteiger partial charge is 0.103 e. The van der Waals surface area contributed by atoms with Crippen LogP contribution in [0, 0.1) is 22.7 Å². The molecular weight excluding hydrogens is 326 g/mol. The molecule has 1 aliphatic heterocycles. The summed E-state index contributed by atoms with van der Waals surface area (Å²) < 4.78 is 0. The highest BCUT2D eigenvalue weighted by molar-refractivity contribution is 8.07. The molecular formula is C21H17N3S. The van der Waals surface area contributed by atoms with E-state index < -0.39 is 0 Å². The average molecular weight is 343 g/mol. The van der Waals surface area contributed by atoms with E-state index in [1.54, 1.807) is 17.8 Å². The van der Waals surface area contributed by atoms with Crippen LogP contribution in [0.25, 0.3) is 5.57 Å². The lowest BCUT2D eigenvalue weighted by Gasteiger charge is -2.19. The molecule has 1 heterocycles. The van der Waals surface area contributed by atoms with E-state index in [-0.39, 0.29) is 0 Å². The number of benzene rings is 2. The predicted octanol–water partition coefficient (Wildman–Crippen LogP) is 4.90. The number of hydrogen-bond acceptors (Lipinski definition) is 4. The van der Waals surface area contributed by atoms with Crippen molar-refractivity contribution in [3.8, 4) is 12.1 Å². The topological polar surface area (TPSA) is 50.8 Å². The molecule has 0 fully saturated rings. The molecule has 122 valence electrons. The fourth-order valence-corrected chi connectivity index (χ4v) is 3.80. The summed E-state index contributed by atoms with van der Waals surface area (Å²) in [5.74, 6) is 0. The molecule has 0 saturated heterocycles.